The van der Waals surface area contributed by atoms with Crippen molar-refractivity contribution in [3.63, 3.8) is 0 Å². The highest BCUT2D eigenvalue weighted by atomic mass is 32.2. The summed E-state index contributed by atoms with van der Waals surface area (Å²) in [5.74, 6) is 0. The number of rotatable bonds is 4. The minimum absolute atomic E-state index is 0.0260. The van der Waals surface area contributed by atoms with Gasteiger partial charge in [0.25, 0.3) is 0 Å². The molecule has 0 spiro atoms. The smallest absolute Gasteiger partial charge is 0.200 e. The lowest BCUT2D eigenvalue weighted by atomic mass is 10.2. The Morgan fingerprint density at radius 2 is 2.06 bits per heavy atom. The molecule has 0 aromatic rings. The normalized spacial score (nSPS) is 38.9. The molecule has 0 N–H and O–H groups in total. The zero-order valence-corrected chi connectivity index (χ0v) is 12.5. The van der Waals surface area contributed by atoms with Crippen molar-refractivity contribution in [3.8, 4) is 0 Å². The highest BCUT2D eigenvalue weighted by Crippen LogP contribution is 2.36. The summed E-state index contributed by atoms with van der Waals surface area (Å²) >= 11 is -1.20. The molecule has 3 unspecified atom stereocenters. The fourth-order valence-corrected chi connectivity index (χ4v) is 2.91. The second-order valence-electron chi connectivity index (χ2n) is 6.03. The van der Waals surface area contributed by atoms with Crippen LogP contribution in [0.15, 0.2) is 0 Å². The van der Waals surface area contributed by atoms with Crippen LogP contribution < -0.4 is 0 Å². The van der Waals surface area contributed by atoms with Crippen molar-refractivity contribution >= 4 is 11.1 Å². The Bertz CT molecular complexity index is 331. The van der Waals surface area contributed by atoms with Crippen LogP contribution >= 0.6 is 0 Å². The molecule has 5 atom stereocenters. The van der Waals surface area contributed by atoms with Crippen LogP contribution in [0.3, 0.4) is 0 Å². The average molecular weight is 277 g/mol. The van der Waals surface area contributed by atoms with Gasteiger partial charge in [-0.15, -0.1) is 0 Å². The Morgan fingerprint density at radius 1 is 1.39 bits per heavy atom. The average Bonchev–Trinajstić information content (AvgIpc) is 2.79. The number of nitrogens with zero attached hydrogens (tertiary/aromatic N) is 1. The van der Waals surface area contributed by atoms with Gasteiger partial charge in [0.2, 0.25) is 0 Å². The Morgan fingerprint density at radius 3 is 2.61 bits per heavy atom. The van der Waals surface area contributed by atoms with E-state index in [1.54, 1.807) is 6.26 Å². The lowest BCUT2D eigenvalue weighted by molar-refractivity contribution is -0.0578. The van der Waals surface area contributed by atoms with Crippen molar-refractivity contribution in [2.75, 3.05) is 12.8 Å². The third-order valence-electron chi connectivity index (χ3n) is 3.08. The van der Waals surface area contributed by atoms with Crippen molar-refractivity contribution < 1.29 is 17.9 Å². The van der Waals surface area contributed by atoms with Gasteiger partial charge in [0, 0.05) is 18.8 Å². The molecule has 0 bridgehead atoms. The molecule has 0 amide bonds. The minimum atomic E-state index is -1.20. The van der Waals surface area contributed by atoms with Crippen molar-refractivity contribution in [1.82, 2.24) is 4.90 Å². The maximum absolute atomic E-state index is 11.1. The van der Waals surface area contributed by atoms with Gasteiger partial charge in [-0.2, -0.15) is 0 Å². The number of hydrogen-bond acceptors (Lipinski definition) is 5. The molecule has 6 heteroatoms. The van der Waals surface area contributed by atoms with Gasteiger partial charge in [-0.05, 0) is 34.1 Å². The van der Waals surface area contributed by atoms with Gasteiger partial charge < -0.3 is 9.47 Å². The fraction of sp³-hybridized carbons (Fsp3) is 1.00. The maximum atomic E-state index is 11.1. The molecule has 0 radical (unpaired) electrons. The minimum Gasteiger partial charge on any atom is -0.343 e. The first-order valence-corrected chi connectivity index (χ1v) is 7.84. The zero-order chi connectivity index (χ0) is 13.5. The summed E-state index contributed by atoms with van der Waals surface area (Å²) in [6, 6.07) is 0.372. The van der Waals surface area contributed by atoms with Crippen molar-refractivity contribution in [3.05, 3.63) is 0 Å². The Balaban J connectivity index is 1.83. The number of likely N-dealkylation sites (tertiary alicyclic amines) is 1. The van der Waals surface area contributed by atoms with Crippen LogP contribution in [0.25, 0.3) is 0 Å². The molecular weight excluding hydrogens is 254 g/mol. The molecular formula is C12H23NO4S. The van der Waals surface area contributed by atoms with Gasteiger partial charge >= 0.3 is 0 Å². The molecule has 2 saturated heterocycles. The second-order valence-corrected chi connectivity index (χ2v) is 7.02. The van der Waals surface area contributed by atoms with Crippen LogP contribution in [0.2, 0.25) is 0 Å². The fourth-order valence-electron chi connectivity index (χ4n) is 2.38. The van der Waals surface area contributed by atoms with E-state index in [1.165, 1.54) is 0 Å². The van der Waals surface area contributed by atoms with E-state index in [9.17, 15) is 4.21 Å². The molecule has 2 fully saturated rings. The number of epoxide rings is 1. The van der Waals surface area contributed by atoms with E-state index >= 15 is 0 Å². The van der Waals surface area contributed by atoms with E-state index in [0.29, 0.717) is 6.04 Å². The molecule has 0 aromatic carbocycles. The first-order chi connectivity index (χ1) is 8.26. The number of ether oxygens (including phenoxy) is 2. The third kappa shape index (κ3) is 3.74. The molecule has 5 nitrogen and oxygen atoms in total. The Kier molecular flexibility index (Phi) is 4.14. The van der Waals surface area contributed by atoms with Crippen LogP contribution in [0, 0.1) is 0 Å². The summed E-state index contributed by atoms with van der Waals surface area (Å²) in [7, 11) is 0. The molecule has 2 aliphatic rings. The van der Waals surface area contributed by atoms with Crippen molar-refractivity contribution in [2.24, 2.45) is 0 Å². The monoisotopic (exact) mass is 277 g/mol. The largest absolute Gasteiger partial charge is 0.343 e. The summed E-state index contributed by atoms with van der Waals surface area (Å²) in [6.07, 6.45) is 2.37. The Hall–Kier alpha value is -0.0100. The molecule has 0 aromatic heterocycles. The van der Waals surface area contributed by atoms with E-state index in [1.807, 2.05) is 20.8 Å². The summed E-state index contributed by atoms with van der Waals surface area (Å²) in [4.78, 5) is 2.23. The van der Waals surface area contributed by atoms with Gasteiger partial charge in [0.15, 0.2) is 23.6 Å². The quantitative estimate of drug-likeness (QED) is 0.724. The van der Waals surface area contributed by atoms with E-state index in [4.69, 9.17) is 13.7 Å². The molecule has 2 rings (SSSR count). The second kappa shape index (κ2) is 5.17. The van der Waals surface area contributed by atoms with Crippen LogP contribution in [0.4, 0.5) is 0 Å². The van der Waals surface area contributed by atoms with E-state index in [2.05, 4.69) is 11.8 Å². The molecule has 0 saturated carbocycles. The first kappa shape index (κ1) is 14.4. The van der Waals surface area contributed by atoms with Gasteiger partial charge in [0.1, 0.15) is 0 Å². The van der Waals surface area contributed by atoms with Gasteiger partial charge in [-0.25, -0.2) is 4.21 Å². The molecule has 2 aliphatic heterocycles. The van der Waals surface area contributed by atoms with E-state index < -0.39 is 11.1 Å². The van der Waals surface area contributed by atoms with E-state index in [0.717, 1.165) is 13.0 Å². The van der Waals surface area contributed by atoms with E-state index in [-0.39, 0.29) is 24.2 Å². The van der Waals surface area contributed by atoms with Crippen LogP contribution in [-0.4, -0.2) is 52.2 Å². The summed E-state index contributed by atoms with van der Waals surface area (Å²) in [5, 5.41) is 0. The summed E-state index contributed by atoms with van der Waals surface area (Å²) < 4.78 is 27.8. The highest BCUT2D eigenvalue weighted by molar-refractivity contribution is 7.79. The van der Waals surface area contributed by atoms with Crippen LogP contribution in [0.1, 0.15) is 34.1 Å². The lowest BCUT2D eigenvalue weighted by Gasteiger charge is -2.21. The predicted octanol–water partition coefficient (Wildman–Crippen LogP) is 1.26. The van der Waals surface area contributed by atoms with Gasteiger partial charge in [-0.3, -0.25) is 9.08 Å². The summed E-state index contributed by atoms with van der Waals surface area (Å²) in [6.45, 7) is 8.95. The molecule has 106 valence electrons. The standard InChI is InChI=1S/C12H23NO4S/c1-8-6-9(17-18(5)14)7-13(8)10-11(15-10)16-12(2,3)4/h8-11H,6-7H2,1-5H3/t8-,9+,10?,11?,18?/m1/s1. The van der Waals surface area contributed by atoms with Crippen LogP contribution in [-0.2, 0) is 24.7 Å². The zero-order valence-electron chi connectivity index (χ0n) is 11.7. The number of hydrogen-bond donors (Lipinski definition) is 0. The first-order valence-electron chi connectivity index (χ1n) is 6.36. The highest BCUT2D eigenvalue weighted by Gasteiger charge is 2.51. The molecule has 18 heavy (non-hydrogen) atoms. The van der Waals surface area contributed by atoms with Crippen LogP contribution in [0.5, 0.6) is 0 Å². The van der Waals surface area contributed by atoms with Gasteiger partial charge in [-0.1, -0.05) is 0 Å². The third-order valence-corrected chi connectivity index (χ3v) is 3.63. The van der Waals surface area contributed by atoms with Crippen molar-refractivity contribution in [2.45, 2.75) is 64.4 Å². The maximum Gasteiger partial charge on any atom is 0.200 e. The molecule has 0 aliphatic carbocycles. The SMILES string of the molecule is C[C@@H]1C[C@H](OS(C)=O)CN1C1OC1OC(C)(C)C. The predicted molar refractivity (Wildman–Crippen MR) is 69.2 cm³/mol. The Labute approximate surface area is 111 Å². The topological polar surface area (TPSA) is 51.3 Å². The van der Waals surface area contributed by atoms with Gasteiger partial charge in [0.05, 0.1) is 11.7 Å². The summed E-state index contributed by atoms with van der Waals surface area (Å²) in [5.41, 5.74) is -0.191. The lowest BCUT2D eigenvalue weighted by Crippen LogP contribution is -2.34. The van der Waals surface area contributed by atoms with Crippen molar-refractivity contribution in [1.29, 1.82) is 0 Å². The molecule has 2 heterocycles.